The smallest absolute Gasteiger partial charge is 0.270 e. The minimum absolute atomic E-state index is 0.00259. The molecule has 0 bridgehead atoms. The first-order valence-electron chi connectivity index (χ1n) is 8.38. The Hall–Kier alpha value is -3.16. The molecule has 2 N–H and O–H groups in total. The van der Waals surface area contributed by atoms with Crippen LogP contribution >= 0.6 is 0 Å². The maximum absolute atomic E-state index is 12.7. The van der Waals surface area contributed by atoms with Crippen LogP contribution in [0.4, 0.5) is 0 Å². The first-order chi connectivity index (χ1) is 12.4. The zero-order valence-corrected chi connectivity index (χ0v) is 14.7. The maximum atomic E-state index is 12.7. The Morgan fingerprint density at radius 2 is 1.92 bits per heavy atom. The van der Waals surface area contributed by atoms with E-state index >= 15 is 0 Å². The molecule has 1 saturated carbocycles. The van der Waals surface area contributed by atoms with Gasteiger partial charge in [-0.3, -0.25) is 20.4 Å². The topological polar surface area (TPSA) is 110 Å². The summed E-state index contributed by atoms with van der Waals surface area (Å²) in [5, 5.41) is 4.42. The van der Waals surface area contributed by atoms with Gasteiger partial charge in [0.15, 0.2) is 0 Å². The lowest BCUT2D eigenvalue weighted by molar-refractivity contribution is -0.123. The number of aromatic nitrogens is 2. The van der Waals surface area contributed by atoms with Crippen LogP contribution in [0.5, 0.6) is 0 Å². The number of carbonyl (C=O) groups is 2. The number of fused-ring (bicyclic) bond motifs is 1. The normalized spacial score (nSPS) is 13.8. The van der Waals surface area contributed by atoms with E-state index < -0.39 is 5.91 Å². The Bertz CT molecular complexity index is 1030. The molecule has 1 aliphatic rings. The van der Waals surface area contributed by atoms with Crippen molar-refractivity contribution >= 4 is 22.9 Å². The number of hydrogen-bond acceptors (Lipinski definition) is 6. The minimum Gasteiger partial charge on any atom is -0.466 e. The number of nitrogens with zero attached hydrogens (tertiary/aromatic N) is 2. The van der Waals surface area contributed by atoms with Gasteiger partial charge in [-0.15, -0.1) is 0 Å². The van der Waals surface area contributed by atoms with Crippen LogP contribution < -0.4 is 10.9 Å². The first kappa shape index (κ1) is 16.3. The van der Waals surface area contributed by atoms with Gasteiger partial charge in [0.25, 0.3) is 11.6 Å². The molecule has 3 heterocycles. The molecule has 0 aromatic carbocycles. The van der Waals surface area contributed by atoms with Crippen LogP contribution in [0, 0.1) is 26.7 Å². The molecule has 3 aromatic heterocycles. The standard InChI is InChI=1S/C18H18N4O4/c1-8-6-12(10(3)25-8)14-7-13(15-9(2)22-26-18(15)19-14)17(24)21-20-16(23)11-4-5-11/h6-7,11H,4-5H2,1-3H3,(H,20,23)(H,21,24). The maximum Gasteiger partial charge on any atom is 0.270 e. The third kappa shape index (κ3) is 2.83. The highest BCUT2D eigenvalue weighted by atomic mass is 16.5. The third-order valence-corrected chi connectivity index (χ3v) is 4.43. The van der Waals surface area contributed by atoms with E-state index in [1.54, 1.807) is 13.0 Å². The number of hydrazine groups is 1. The van der Waals surface area contributed by atoms with Crippen LogP contribution in [-0.4, -0.2) is 22.0 Å². The molecule has 26 heavy (non-hydrogen) atoms. The van der Waals surface area contributed by atoms with Gasteiger partial charge in [0.2, 0.25) is 5.91 Å². The fourth-order valence-electron chi connectivity index (χ4n) is 2.93. The van der Waals surface area contributed by atoms with Crippen LogP contribution in [0.3, 0.4) is 0 Å². The number of aryl methyl sites for hydroxylation is 3. The lowest BCUT2D eigenvalue weighted by atomic mass is 10.1. The summed E-state index contributed by atoms with van der Waals surface area (Å²) in [6.07, 6.45) is 1.71. The molecule has 8 heteroatoms. The van der Waals surface area contributed by atoms with Crippen molar-refractivity contribution in [2.24, 2.45) is 5.92 Å². The van der Waals surface area contributed by atoms with Crippen molar-refractivity contribution in [3.63, 3.8) is 0 Å². The number of furan rings is 1. The summed E-state index contributed by atoms with van der Waals surface area (Å²) in [5.41, 5.74) is 7.40. The quantitative estimate of drug-likeness (QED) is 0.700. The van der Waals surface area contributed by atoms with E-state index in [0.717, 1.165) is 24.2 Å². The predicted octanol–water partition coefficient (Wildman–Crippen LogP) is 2.58. The van der Waals surface area contributed by atoms with Gasteiger partial charge >= 0.3 is 0 Å². The van der Waals surface area contributed by atoms with Gasteiger partial charge in [-0.05, 0) is 45.7 Å². The lowest BCUT2D eigenvalue weighted by Crippen LogP contribution is -2.42. The summed E-state index contributed by atoms with van der Waals surface area (Å²) in [6, 6.07) is 3.51. The largest absolute Gasteiger partial charge is 0.466 e. The van der Waals surface area contributed by atoms with Crippen molar-refractivity contribution in [1.82, 2.24) is 21.0 Å². The Labute approximate surface area is 148 Å². The number of amides is 2. The average molecular weight is 354 g/mol. The molecular weight excluding hydrogens is 336 g/mol. The average Bonchev–Trinajstić information content (AvgIpc) is 3.32. The number of carbonyl (C=O) groups excluding carboxylic acids is 2. The van der Waals surface area contributed by atoms with Crippen molar-refractivity contribution in [2.75, 3.05) is 0 Å². The van der Waals surface area contributed by atoms with E-state index in [0.29, 0.717) is 28.1 Å². The molecule has 0 spiro atoms. The SMILES string of the molecule is Cc1cc(-c2cc(C(=O)NNC(=O)C3CC3)c3c(C)noc3n2)c(C)o1. The molecule has 2 amide bonds. The highest BCUT2D eigenvalue weighted by Gasteiger charge is 2.30. The fraction of sp³-hybridized carbons (Fsp3) is 0.333. The van der Waals surface area contributed by atoms with E-state index in [9.17, 15) is 9.59 Å². The summed E-state index contributed by atoms with van der Waals surface area (Å²) in [6.45, 7) is 5.41. The number of pyridine rings is 1. The Balaban J connectivity index is 1.73. The van der Waals surface area contributed by atoms with Crippen LogP contribution in [0.15, 0.2) is 21.1 Å². The Kier molecular flexibility index (Phi) is 3.75. The molecule has 8 nitrogen and oxygen atoms in total. The number of nitrogens with one attached hydrogen (secondary N) is 2. The zero-order chi connectivity index (χ0) is 18.4. The summed E-state index contributed by atoms with van der Waals surface area (Å²) in [7, 11) is 0. The van der Waals surface area contributed by atoms with Crippen molar-refractivity contribution < 1.29 is 18.5 Å². The van der Waals surface area contributed by atoms with Crippen LogP contribution in [-0.2, 0) is 4.79 Å². The summed E-state index contributed by atoms with van der Waals surface area (Å²) >= 11 is 0. The predicted molar refractivity (Wildman–Crippen MR) is 92.0 cm³/mol. The van der Waals surface area contributed by atoms with E-state index in [1.807, 2.05) is 19.9 Å². The van der Waals surface area contributed by atoms with Crippen molar-refractivity contribution in [3.8, 4) is 11.3 Å². The summed E-state index contributed by atoms with van der Waals surface area (Å²) in [4.78, 5) is 28.9. The zero-order valence-electron chi connectivity index (χ0n) is 14.7. The molecule has 0 aliphatic heterocycles. The molecule has 0 unspecified atom stereocenters. The van der Waals surface area contributed by atoms with E-state index in [2.05, 4.69) is 21.0 Å². The summed E-state index contributed by atoms with van der Waals surface area (Å²) in [5.74, 6) is 0.816. The van der Waals surface area contributed by atoms with E-state index in [1.165, 1.54) is 0 Å². The molecule has 134 valence electrons. The third-order valence-electron chi connectivity index (χ3n) is 4.43. The molecule has 1 fully saturated rings. The second-order valence-corrected chi connectivity index (χ2v) is 6.55. The second kappa shape index (κ2) is 5.98. The van der Waals surface area contributed by atoms with E-state index in [4.69, 9.17) is 8.94 Å². The van der Waals surface area contributed by atoms with Crippen molar-refractivity contribution in [3.05, 3.63) is 34.9 Å². The van der Waals surface area contributed by atoms with Gasteiger partial charge in [-0.25, -0.2) is 4.98 Å². The second-order valence-electron chi connectivity index (χ2n) is 6.55. The van der Waals surface area contributed by atoms with Crippen molar-refractivity contribution in [1.29, 1.82) is 0 Å². The van der Waals surface area contributed by atoms with Crippen LogP contribution in [0.2, 0.25) is 0 Å². The first-order valence-corrected chi connectivity index (χ1v) is 8.38. The molecular formula is C18H18N4O4. The van der Waals surface area contributed by atoms with Crippen molar-refractivity contribution in [2.45, 2.75) is 33.6 Å². The number of hydrogen-bond donors (Lipinski definition) is 2. The Morgan fingerprint density at radius 3 is 2.58 bits per heavy atom. The highest BCUT2D eigenvalue weighted by Crippen LogP contribution is 2.31. The minimum atomic E-state index is -0.447. The molecule has 0 radical (unpaired) electrons. The van der Waals surface area contributed by atoms with Gasteiger partial charge in [0.1, 0.15) is 11.5 Å². The number of rotatable bonds is 3. The van der Waals surface area contributed by atoms with Crippen LogP contribution in [0.1, 0.15) is 40.4 Å². The van der Waals surface area contributed by atoms with Gasteiger partial charge in [0, 0.05) is 11.5 Å². The highest BCUT2D eigenvalue weighted by molar-refractivity contribution is 6.07. The van der Waals surface area contributed by atoms with Gasteiger partial charge in [-0.2, -0.15) is 0 Å². The van der Waals surface area contributed by atoms with Gasteiger partial charge in [-0.1, -0.05) is 5.16 Å². The van der Waals surface area contributed by atoms with Gasteiger partial charge < -0.3 is 8.94 Å². The molecule has 3 aromatic rings. The van der Waals surface area contributed by atoms with Gasteiger partial charge in [0.05, 0.1) is 22.3 Å². The molecule has 1 aliphatic carbocycles. The monoisotopic (exact) mass is 354 g/mol. The van der Waals surface area contributed by atoms with Crippen LogP contribution in [0.25, 0.3) is 22.4 Å². The Morgan fingerprint density at radius 1 is 1.15 bits per heavy atom. The summed E-state index contributed by atoms with van der Waals surface area (Å²) < 4.78 is 10.8. The van der Waals surface area contributed by atoms with E-state index in [-0.39, 0.29) is 17.5 Å². The lowest BCUT2D eigenvalue weighted by Gasteiger charge is -2.09. The fourth-order valence-corrected chi connectivity index (χ4v) is 2.93. The molecule has 0 saturated heterocycles. The molecule has 0 atom stereocenters. The molecule has 4 rings (SSSR count).